The average Bonchev–Trinajstić information content (AvgIpc) is 2.24. The summed E-state index contributed by atoms with van der Waals surface area (Å²) in [7, 11) is 0.0883. The summed E-state index contributed by atoms with van der Waals surface area (Å²) in [4.78, 5) is 0. The van der Waals surface area contributed by atoms with Crippen LogP contribution in [-0.4, -0.2) is 37.2 Å². The zero-order chi connectivity index (χ0) is 10.9. The Kier molecular flexibility index (Phi) is 2.96. The first kappa shape index (κ1) is 10.9. The third kappa shape index (κ3) is 2.31. The summed E-state index contributed by atoms with van der Waals surface area (Å²) in [6, 6.07) is 6.67. The van der Waals surface area contributed by atoms with E-state index < -0.39 is 0 Å². The summed E-state index contributed by atoms with van der Waals surface area (Å²) in [5, 5.41) is 21.6. The van der Waals surface area contributed by atoms with Gasteiger partial charge in [-0.1, -0.05) is 7.92 Å². The summed E-state index contributed by atoms with van der Waals surface area (Å²) in [6.45, 7) is 3.63. The zero-order valence-corrected chi connectivity index (χ0v) is 9.78. The minimum atomic E-state index is -0.215. The SMILES string of the molecule is CP1CC[N+]([O-])(c2ccc(O)cc2)CC1. The van der Waals surface area contributed by atoms with E-state index in [1.807, 2.05) is 0 Å². The van der Waals surface area contributed by atoms with Crippen LogP contribution in [0, 0.1) is 5.21 Å². The van der Waals surface area contributed by atoms with Gasteiger partial charge in [-0.05, 0) is 18.8 Å². The van der Waals surface area contributed by atoms with Crippen molar-refractivity contribution < 1.29 is 5.11 Å². The molecule has 0 unspecified atom stereocenters. The zero-order valence-electron chi connectivity index (χ0n) is 8.89. The molecule has 0 bridgehead atoms. The molecule has 15 heavy (non-hydrogen) atoms. The molecule has 2 rings (SSSR count). The fourth-order valence-corrected chi connectivity index (χ4v) is 3.42. The van der Waals surface area contributed by atoms with Gasteiger partial charge in [0.05, 0.1) is 13.1 Å². The van der Waals surface area contributed by atoms with Crippen LogP contribution in [-0.2, 0) is 0 Å². The highest BCUT2D eigenvalue weighted by Crippen LogP contribution is 2.38. The van der Waals surface area contributed by atoms with Crippen LogP contribution >= 0.6 is 7.92 Å². The lowest BCUT2D eigenvalue weighted by Gasteiger charge is -2.46. The second-order valence-corrected chi connectivity index (χ2v) is 6.76. The molecule has 0 saturated carbocycles. The van der Waals surface area contributed by atoms with Gasteiger partial charge in [-0.15, -0.1) is 0 Å². The number of hydrogen-bond acceptors (Lipinski definition) is 2. The Morgan fingerprint density at radius 3 is 2.27 bits per heavy atom. The minimum absolute atomic E-state index is 0.0883. The highest BCUT2D eigenvalue weighted by molar-refractivity contribution is 7.56. The summed E-state index contributed by atoms with van der Waals surface area (Å²) in [6.07, 6.45) is 2.11. The molecule has 1 fully saturated rings. The molecule has 3 nitrogen and oxygen atoms in total. The van der Waals surface area contributed by atoms with Crippen molar-refractivity contribution in [3.63, 3.8) is 0 Å². The van der Waals surface area contributed by atoms with Gasteiger partial charge in [-0.3, -0.25) is 0 Å². The second-order valence-electron chi connectivity index (χ2n) is 4.16. The molecular weight excluding hydrogens is 209 g/mol. The predicted molar refractivity (Wildman–Crippen MR) is 65.6 cm³/mol. The van der Waals surface area contributed by atoms with Gasteiger partial charge >= 0.3 is 0 Å². The summed E-state index contributed by atoms with van der Waals surface area (Å²) < 4.78 is -0.215. The van der Waals surface area contributed by atoms with Crippen molar-refractivity contribution in [1.82, 2.24) is 4.65 Å². The summed E-state index contributed by atoms with van der Waals surface area (Å²) in [5.41, 5.74) is 0.774. The standard InChI is InChI=1S/C11H16NO2P/c1-15-8-6-12(14,7-9-15)10-2-4-11(13)5-3-10/h2-5,13H,6-9H2,1H3. The van der Waals surface area contributed by atoms with E-state index in [0.29, 0.717) is 13.1 Å². The number of benzene rings is 1. The fourth-order valence-electron chi connectivity index (χ4n) is 1.87. The molecule has 1 saturated heterocycles. The highest BCUT2D eigenvalue weighted by Gasteiger charge is 2.26. The van der Waals surface area contributed by atoms with Gasteiger partial charge in [0.25, 0.3) is 0 Å². The molecule has 1 aromatic carbocycles. The molecule has 0 spiro atoms. The van der Waals surface area contributed by atoms with Crippen LogP contribution in [0.2, 0.25) is 0 Å². The molecule has 82 valence electrons. The van der Waals surface area contributed by atoms with Crippen molar-refractivity contribution in [1.29, 1.82) is 0 Å². The lowest BCUT2D eigenvalue weighted by Crippen LogP contribution is -2.49. The number of phenolic OH excluding ortho intramolecular Hbond substituents is 1. The van der Waals surface area contributed by atoms with Crippen molar-refractivity contribution in [2.24, 2.45) is 0 Å². The Morgan fingerprint density at radius 2 is 1.73 bits per heavy atom. The van der Waals surface area contributed by atoms with Crippen molar-refractivity contribution >= 4 is 13.6 Å². The Hall–Kier alpha value is -0.630. The van der Waals surface area contributed by atoms with Crippen molar-refractivity contribution in [3.05, 3.63) is 29.5 Å². The number of nitrogens with zero attached hydrogens (tertiary/aromatic N) is 1. The molecule has 0 aliphatic carbocycles. The first-order valence-corrected chi connectivity index (χ1v) is 7.32. The van der Waals surface area contributed by atoms with Gasteiger partial charge in [0.1, 0.15) is 11.4 Å². The largest absolute Gasteiger partial charge is 0.627 e. The fraction of sp³-hybridized carbons (Fsp3) is 0.455. The van der Waals surface area contributed by atoms with Crippen LogP contribution in [0.5, 0.6) is 5.75 Å². The maximum absolute atomic E-state index is 12.4. The van der Waals surface area contributed by atoms with Gasteiger partial charge in [-0.2, -0.15) is 0 Å². The average molecular weight is 225 g/mol. The van der Waals surface area contributed by atoms with Crippen LogP contribution in [0.3, 0.4) is 0 Å². The number of quaternary nitrogens is 1. The maximum atomic E-state index is 12.4. The molecular formula is C11H16NO2P. The van der Waals surface area contributed by atoms with Crippen LogP contribution in [0.15, 0.2) is 24.3 Å². The predicted octanol–water partition coefficient (Wildman–Crippen LogP) is 2.32. The Balaban J connectivity index is 2.18. The first-order chi connectivity index (χ1) is 7.10. The van der Waals surface area contributed by atoms with Crippen LogP contribution < -0.4 is 4.65 Å². The van der Waals surface area contributed by atoms with Crippen LogP contribution in [0.25, 0.3) is 0 Å². The quantitative estimate of drug-likeness (QED) is 0.453. The van der Waals surface area contributed by atoms with Gasteiger partial charge in [-0.25, -0.2) is 0 Å². The maximum Gasteiger partial charge on any atom is 0.133 e. The third-order valence-electron chi connectivity index (χ3n) is 3.01. The highest BCUT2D eigenvalue weighted by atomic mass is 31.1. The summed E-state index contributed by atoms with van der Waals surface area (Å²) >= 11 is 0. The topological polar surface area (TPSA) is 43.3 Å². The molecule has 1 aliphatic rings. The van der Waals surface area contributed by atoms with E-state index >= 15 is 0 Å². The Morgan fingerprint density at radius 1 is 1.20 bits per heavy atom. The lowest BCUT2D eigenvalue weighted by molar-refractivity contribution is 0.403. The molecule has 1 aliphatic heterocycles. The minimum Gasteiger partial charge on any atom is -0.627 e. The van der Waals surface area contributed by atoms with E-state index in [0.717, 1.165) is 18.0 Å². The van der Waals surface area contributed by atoms with Gasteiger partial charge < -0.3 is 15.0 Å². The number of hydroxylamine groups is 2. The molecule has 0 amide bonds. The van der Waals surface area contributed by atoms with Crippen LogP contribution in [0.1, 0.15) is 0 Å². The number of aromatic hydroxyl groups is 1. The second kappa shape index (κ2) is 4.09. The Bertz CT molecular complexity index is 331. The third-order valence-corrected chi connectivity index (χ3v) is 4.93. The molecule has 0 radical (unpaired) electrons. The number of hydrogen-bond donors (Lipinski definition) is 1. The first-order valence-electron chi connectivity index (χ1n) is 5.16. The van der Waals surface area contributed by atoms with Crippen molar-refractivity contribution in [2.75, 3.05) is 32.1 Å². The van der Waals surface area contributed by atoms with Gasteiger partial charge in [0.2, 0.25) is 0 Å². The van der Waals surface area contributed by atoms with E-state index in [4.69, 9.17) is 0 Å². The van der Waals surface area contributed by atoms with Gasteiger partial charge in [0, 0.05) is 24.5 Å². The molecule has 0 atom stereocenters. The van der Waals surface area contributed by atoms with E-state index in [1.165, 1.54) is 0 Å². The summed E-state index contributed by atoms with van der Waals surface area (Å²) in [5.74, 6) is 0.222. The van der Waals surface area contributed by atoms with Crippen molar-refractivity contribution in [2.45, 2.75) is 0 Å². The molecule has 1 heterocycles. The van der Waals surface area contributed by atoms with E-state index in [9.17, 15) is 10.3 Å². The van der Waals surface area contributed by atoms with E-state index in [-0.39, 0.29) is 18.3 Å². The Labute approximate surface area is 91.3 Å². The smallest absolute Gasteiger partial charge is 0.133 e. The molecule has 4 heteroatoms. The van der Waals surface area contributed by atoms with E-state index in [2.05, 4.69) is 6.66 Å². The lowest BCUT2D eigenvalue weighted by atomic mass is 10.2. The molecule has 1 N–H and O–H groups in total. The number of phenols is 1. The van der Waals surface area contributed by atoms with E-state index in [1.54, 1.807) is 24.3 Å². The monoisotopic (exact) mass is 225 g/mol. The molecule has 0 aromatic heterocycles. The molecule has 1 aromatic rings. The normalized spacial score (nSPS) is 31.5. The van der Waals surface area contributed by atoms with Crippen LogP contribution in [0.4, 0.5) is 5.69 Å². The van der Waals surface area contributed by atoms with Crippen molar-refractivity contribution in [3.8, 4) is 5.75 Å². The van der Waals surface area contributed by atoms with Gasteiger partial charge in [0.15, 0.2) is 0 Å². The number of rotatable bonds is 1.